The SMILES string of the molecule is O=C(O)c1cnccc1-c1ncnn2cccc12. The molecular weight excluding hydrogens is 232 g/mol. The van der Waals surface area contributed by atoms with Gasteiger partial charge in [-0.3, -0.25) is 4.98 Å². The summed E-state index contributed by atoms with van der Waals surface area (Å²) in [5, 5.41) is 13.2. The number of aromatic nitrogens is 4. The zero-order valence-corrected chi connectivity index (χ0v) is 9.19. The molecule has 3 heterocycles. The van der Waals surface area contributed by atoms with Gasteiger partial charge in [0.15, 0.2) is 0 Å². The zero-order valence-electron chi connectivity index (χ0n) is 9.19. The molecule has 0 atom stereocenters. The molecule has 6 heteroatoms. The quantitative estimate of drug-likeness (QED) is 0.734. The number of rotatable bonds is 2. The first-order valence-electron chi connectivity index (χ1n) is 5.23. The fourth-order valence-electron chi connectivity index (χ4n) is 1.84. The van der Waals surface area contributed by atoms with Gasteiger partial charge in [-0.15, -0.1) is 0 Å². The van der Waals surface area contributed by atoms with Crippen molar-refractivity contribution in [2.45, 2.75) is 0 Å². The number of aromatic carboxylic acids is 1. The molecule has 0 fully saturated rings. The van der Waals surface area contributed by atoms with E-state index in [2.05, 4.69) is 15.1 Å². The number of carbonyl (C=O) groups is 1. The minimum absolute atomic E-state index is 0.124. The predicted molar refractivity (Wildman–Crippen MR) is 63.2 cm³/mol. The molecule has 0 aliphatic carbocycles. The topological polar surface area (TPSA) is 80.4 Å². The maximum atomic E-state index is 11.2. The van der Waals surface area contributed by atoms with Crippen LogP contribution in [0.2, 0.25) is 0 Å². The molecule has 0 saturated carbocycles. The van der Waals surface area contributed by atoms with Crippen LogP contribution in [0.15, 0.2) is 43.1 Å². The molecule has 0 bridgehead atoms. The van der Waals surface area contributed by atoms with Crippen LogP contribution in [0.5, 0.6) is 0 Å². The Labute approximate surface area is 102 Å². The Morgan fingerprint density at radius 2 is 2.22 bits per heavy atom. The van der Waals surface area contributed by atoms with Gasteiger partial charge < -0.3 is 5.11 Å². The fraction of sp³-hybridized carbons (Fsp3) is 0. The molecule has 0 radical (unpaired) electrons. The van der Waals surface area contributed by atoms with Crippen LogP contribution in [0.3, 0.4) is 0 Å². The lowest BCUT2D eigenvalue weighted by Crippen LogP contribution is -2.03. The van der Waals surface area contributed by atoms with E-state index < -0.39 is 5.97 Å². The largest absolute Gasteiger partial charge is 0.478 e. The molecule has 6 nitrogen and oxygen atoms in total. The number of nitrogens with zero attached hydrogens (tertiary/aromatic N) is 4. The molecule has 88 valence electrons. The van der Waals surface area contributed by atoms with Crippen LogP contribution in [-0.2, 0) is 0 Å². The molecule has 3 rings (SSSR count). The molecule has 0 amide bonds. The summed E-state index contributed by atoms with van der Waals surface area (Å²) in [4.78, 5) is 19.2. The van der Waals surface area contributed by atoms with Gasteiger partial charge in [0.25, 0.3) is 0 Å². The Kier molecular flexibility index (Phi) is 2.26. The van der Waals surface area contributed by atoms with E-state index in [9.17, 15) is 4.79 Å². The molecule has 0 aliphatic heterocycles. The summed E-state index contributed by atoms with van der Waals surface area (Å²) in [7, 11) is 0. The number of fused-ring (bicyclic) bond motifs is 1. The van der Waals surface area contributed by atoms with Crippen LogP contribution < -0.4 is 0 Å². The second-order valence-corrected chi connectivity index (χ2v) is 3.67. The number of carboxylic acids is 1. The van der Waals surface area contributed by atoms with Crippen LogP contribution in [0.4, 0.5) is 0 Å². The summed E-state index contributed by atoms with van der Waals surface area (Å²) >= 11 is 0. The highest BCUT2D eigenvalue weighted by atomic mass is 16.4. The van der Waals surface area contributed by atoms with Gasteiger partial charge in [-0.1, -0.05) is 0 Å². The molecular formula is C12H8N4O2. The lowest BCUT2D eigenvalue weighted by molar-refractivity contribution is 0.0697. The summed E-state index contributed by atoms with van der Waals surface area (Å²) in [6, 6.07) is 5.30. The van der Waals surface area contributed by atoms with Gasteiger partial charge >= 0.3 is 5.97 Å². The number of carboxylic acid groups (broad SMARTS) is 1. The van der Waals surface area contributed by atoms with Crippen LogP contribution in [-0.4, -0.2) is 30.7 Å². The summed E-state index contributed by atoms with van der Waals surface area (Å²) in [5.41, 5.74) is 1.99. The maximum absolute atomic E-state index is 11.2. The summed E-state index contributed by atoms with van der Waals surface area (Å²) < 4.78 is 1.65. The standard InChI is InChI=1S/C12H8N4O2/c17-12(18)9-6-13-4-3-8(9)11-10-2-1-5-16(10)15-7-14-11/h1-7H,(H,17,18). The van der Waals surface area contributed by atoms with Gasteiger partial charge in [0.1, 0.15) is 6.33 Å². The van der Waals surface area contributed by atoms with Gasteiger partial charge in [0.2, 0.25) is 0 Å². The third-order valence-corrected chi connectivity index (χ3v) is 2.64. The van der Waals surface area contributed by atoms with Crippen LogP contribution >= 0.6 is 0 Å². The van der Waals surface area contributed by atoms with Crippen molar-refractivity contribution in [1.82, 2.24) is 19.6 Å². The number of hydrogen-bond donors (Lipinski definition) is 1. The van der Waals surface area contributed by atoms with E-state index in [-0.39, 0.29) is 5.56 Å². The number of hydrogen-bond acceptors (Lipinski definition) is 4. The fourth-order valence-corrected chi connectivity index (χ4v) is 1.84. The van der Waals surface area contributed by atoms with Gasteiger partial charge in [-0.25, -0.2) is 14.3 Å². The van der Waals surface area contributed by atoms with Gasteiger partial charge in [-0.05, 0) is 18.2 Å². The molecule has 0 aliphatic rings. The minimum atomic E-state index is -1.03. The molecule has 3 aromatic heterocycles. The molecule has 18 heavy (non-hydrogen) atoms. The molecule has 0 aromatic carbocycles. The third-order valence-electron chi connectivity index (χ3n) is 2.64. The van der Waals surface area contributed by atoms with E-state index in [1.807, 2.05) is 12.1 Å². The Hall–Kier alpha value is -2.76. The van der Waals surface area contributed by atoms with Crippen LogP contribution in [0.1, 0.15) is 10.4 Å². The van der Waals surface area contributed by atoms with E-state index in [1.165, 1.54) is 12.5 Å². The molecule has 0 spiro atoms. The van der Waals surface area contributed by atoms with Crippen molar-refractivity contribution < 1.29 is 9.90 Å². The summed E-state index contributed by atoms with van der Waals surface area (Å²) in [5.74, 6) is -1.03. The zero-order chi connectivity index (χ0) is 12.5. The molecule has 0 unspecified atom stereocenters. The van der Waals surface area contributed by atoms with Crippen LogP contribution in [0.25, 0.3) is 16.8 Å². The number of pyridine rings is 1. The van der Waals surface area contributed by atoms with Crippen molar-refractivity contribution in [3.8, 4) is 11.3 Å². The van der Waals surface area contributed by atoms with E-state index >= 15 is 0 Å². The van der Waals surface area contributed by atoms with Crippen molar-refractivity contribution in [1.29, 1.82) is 0 Å². The minimum Gasteiger partial charge on any atom is -0.478 e. The van der Waals surface area contributed by atoms with Gasteiger partial charge in [-0.2, -0.15) is 5.10 Å². The molecule has 3 aromatic rings. The van der Waals surface area contributed by atoms with Crippen molar-refractivity contribution in [2.75, 3.05) is 0 Å². The highest BCUT2D eigenvalue weighted by molar-refractivity contribution is 5.97. The first-order chi connectivity index (χ1) is 8.77. The van der Waals surface area contributed by atoms with E-state index in [0.717, 1.165) is 5.52 Å². The average Bonchev–Trinajstić information content (AvgIpc) is 2.86. The van der Waals surface area contributed by atoms with Crippen molar-refractivity contribution in [3.63, 3.8) is 0 Å². The normalized spacial score (nSPS) is 10.7. The Balaban J connectivity index is 2.33. The van der Waals surface area contributed by atoms with Crippen molar-refractivity contribution in [3.05, 3.63) is 48.7 Å². The van der Waals surface area contributed by atoms with Gasteiger partial charge in [0, 0.05) is 24.2 Å². The first-order valence-corrected chi connectivity index (χ1v) is 5.23. The smallest absolute Gasteiger partial charge is 0.337 e. The van der Waals surface area contributed by atoms with Crippen molar-refractivity contribution in [2.24, 2.45) is 0 Å². The van der Waals surface area contributed by atoms with E-state index in [4.69, 9.17) is 5.11 Å². The first kappa shape index (κ1) is 10.4. The highest BCUT2D eigenvalue weighted by Crippen LogP contribution is 2.24. The van der Waals surface area contributed by atoms with E-state index in [0.29, 0.717) is 11.3 Å². The second-order valence-electron chi connectivity index (χ2n) is 3.67. The lowest BCUT2D eigenvalue weighted by atomic mass is 10.1. The summed E-state index contributed by atoms with van der Waals surface area (Å²) in [6.07, 6.45) is 6.04. The highest BCUT2D eigenvalue weighted by Gasteiger charge is 2.15. The second kappa shape index (κ2) is 3.92. The predicted octanol–water partition coefficient (Wildman–Crippen LogP) is 1.49. The molecule has 1 N–H and O–H groups in total. The van der Waals surface area contributed by atoms with Crippen LogP contribution in [0, 0.1) is 0 Å². The maximum Gasteiger partial charge on any atom is 0.337 e. The molecule has 0 saturated heterocycles. The average molecular weight is 240 g/mol. The summed E-state index contributed by atoms with van der Waals surface area (Å²) in [6.45, 7) is 0. The monoisotopic (exact) mass is 240 g/mol. The van der Waals surface area contributed by atoms with Crippen molar-refractivity contribution >= 4 is 11.5 Å². The lowest BCUT2D eigenvalue weighted by Gasteiger charge is -2.06. The van der Waals surface area contributed by atoms with Gasteiger partial charge in [0.05, 0.1) is 16.8 Å². The Bertz CT molecular complexity index is 736. The van der Waals surface area contributed by atoms with E-state index in [1.54, 1.807) is 23.0 Å². The Morgan fingerprint density at radius 3 is 3.06 bits per heavy atom. The third kappa shape index (κ3) is 1.51. The Morgan fingerprint density at radius 1 is 1.33 bits per heavy atom.